The Labute approximate surface area is 152 Å². The highest BCUT2D eigenvalue weighted by atomic mass is 35.5. The van der Waals surface area contributed by atoms with Crippen LogP contribution in [0, 0.1) is 11.3 Å². The summed E-state index contributed by atoms with van der Waals surface area (Å²) in [4.78, 5) is 24.3. The molecule has 1 aromatic rings. The average Bonchev–Trinajstić information content (AvgIpc) is 3.28. The number of carbonyl (C=O) groups excluding carboxylic acids is 2. The molecule has 2 aliphatic rings. The fourth-order valence-corrected chi connectivity index (χ4v) is 3.78. The van der Waals surface area contributed by atoms with Crippen molar-refractivity contribution in [2.75, 3.05) is 32.1 Å². The van der Waals surface area contributed by atoms with E-state index in [4.69, 9.17) is 16.3 Å². The number of methoxy groups -OCH3 is 1. The summed E-state index contributed by atoms with van der Waals surface area (Å²) in [6.45, 7) is 2.32. The topological polar surface area (TPSA) is 79.5 Å². The predicted molar refractivity (Wildman–Crippen MR) is 96.9 cm³/mol. The Balaban J connectivity index is 1.43. The van der Waals surface area contributed by atoms with Gasteiger partial charge in [0.1, 0.15) is 5.75 Å². The number of carbonyl (C=O) groups is 2. The van der Waals surface area contributed by atoms with Gasteiger partial charge in [0.05, 0.1) is 12.8 Å². The summed E-state index contributed by atoms with van der Waals surface area (Å²) in [5.41, 5.74) is 0.744. The van der Waals surface area contributed by atoms with Crippen LogP contribution in [0.3, 0.4) is 0 Å². The maximum absolute atomic E-state index is 12.3. The molecule has 2 fully saturated rings. The first-order valence-corrected chi connectivity index (χ1v) is 9.04. The van der Waals surface area contributed by atoms with Crippen molar-refractivity contribution in [3.05, 3.63) is 23.2 Å². The van der Waals surface area contributed by atoms with Crippen LogP contribution < -0.4 is 20.7 Å². The molecular formula is C18H24ClN3O3. The summed E-state index contributed by atoms with van der Waals surface area (Å²) >= 11 is 5.95. The molecule has 136 valence electrons. The number of nitrogens with one attached hydrogen (secondary N) is 3. The molecule has 2 amide bonds. The summed E-state index contributed by atoms with van der Waals surface area (Å²) in [6, 6.07) is 5.04. The van der Waals surface area contributed by atoms with Gasteiger partial charge in [-0.2, -0.15) is 0 Å². The molecule has 1 heterocycles. The molecule has 0 radical (unpaired) electrons. The van der Waals surface area contributed by atoms with Crippen molar-refractivity contribution in [3.63, 3.8) is 0 Å². The summed E-state index contributed by atoms with van der Waals surface area (Å²) < 4.78 is 5.20. The second-order valence-corrected chi connectivity index (χ2v) is 7.24. The van der Waals surface area contributed by atoms with Gasteiger partial charge < -0.3 is 20.7 Å². The maximum atomic E-state index is 12.3. The lowest BCUT2D eigenvalue weighted by atomic mass is 9.92. The summed E-state index contributed by atoms with van der Waals surface area (Å²) in [5, 5.41) is 9.51. The van der Waals surface area contributed by atoms with Crippen LogP contribution in [0.15, 0.2) is 18.2 Å². The molecule has 1 saturated heterocycles. The third-order valence-electron chi connectivity index (χ3n) is 5.19. The van der Waals surface area contributed by atoms with Crippen molar-refractivity contribution in [2.45, 2.75) is 25.7 Å². The quantitative estimate of drug-likeness (QED) is 0.722. The molecular weight excluding hydrogens is 342 g/mol. The molecule has 1 saturated carbocycles. The Morgan fingerprint density at radius 3 is 2.84 bits per heavy atom. The Morgan fingerprint density at radius 2 is 2.12 bits per heavy atom. The Kier molecular flexibility index (Phi) is 5.49. The standard InChI is InChI=1S/C18H24ClN3O3/c1-25-15-3-2-12(19)10-14(15)22-16(23)4-7-21-17(24)13-11-18(13)5-8-20-9-6-18/h2-3,10,13,20H,4-9,11H2,1H3,(H,21,24)(H,22,23). The lowest BCUT2D eigenvalue weighted by Crippen LogP contribution is -2.34. The van der Waals surface area contributed by atoms with Crippen molar-refractivity contribution in [1.82, 2.24) is 10.6 Å². The molecule has 6 nitrogen and oxygen atoms in total. The SMILES string of the molecule is COc1ccc(Cl)cc1NC(=O)CCNC(=O)C1CC12CCNCC2. The zero-order valence-corrected chi connectivity index (χ0v) is 15.1. The number of benzene rings is 1. The van der Waals surface area contributed by atoms with E-state index in [-0.39, 0.29) is 29.6 Å². The third kappa shape index (κ3) is 4.25. The van der Waals surface area contributed by atoms with Crippen LogP contribution in [0.5, 0.6) is 5.75 Å². The lowest BCUT2D eigenvalue weighted by Gasteiger charge is -2.23. The predicted octanol–water partition coefficient (Wildman–Crippen LogP) is 2.18. The molecule has 25 heavy (non-hydrogen) atoms. The van der Waals surface area contributed by atoms with Crippen LogP contribution in [-0.4, -0.2) is 38.6 Å². The van der Waals surface area contributed by atoms with Gasteiger partial charge in [0.2, 0.25) is 11.8 Å². The number of piperidine rings is 1. The zero-order chi connectivity index (χ0) is 17.9. The molecule has 1 aromatic carbocycles. The van der Waals surface area contributed by atoms with Crippen LogP contribution in [0.1, 0.15) is 25.7 Å². The van der Waals surface area contributed by atoms with Crippen molar-refractivity contribution < 1.29 is 14.3 Å². The van der Waals surface area contributed by atoms with E-state index in [0.29, 0.717) is 23.0 Å². The summed E-state index contributed by atoms with van der Waals surface area (Å²) in [7, 11) is 1.53. The van der Waals surface area contributed by atoms with Crippen LogP contribution in [0.2, 0.25) is 5.02 Å². The van der Waals surface area contributed by atoms with Crippen molar-refractivity contribution in [3.8, 4) is 5.75 Å². The molecule has 3 N–H and O–H groups in total. The van der Waals surface area contributed by atoms with Crippen molar-refractivity contribution in [2.24, 2.45) is 11.3 Å². The lowest BCUT2D eigenvalue weighted by molar-refractivity contribution is -0.123. The summed E-state index contributed by atoms with van der Waals surface area (Å²) in [5.74, 6) is 0.557. The number of anilines is 1. The molecule has 1 spiro atoms. The number of amides is 2. The van der Waals surface area contributed by atoms with E-state index in [9.17, 15) is 9.59 Å². The Hall–Kier alpha value is -1.79. The second-order valence-electron chi connectivity index (χ2n) is 6.80. The largest absolute Gasteiger partial charge is 0.495 e. The monoisotopic (exact) mass is 365 g/mol. The molecule has 1 aliphatic heterocycles. The van der Waals surface area contributed by atoms with Crippen molar-refractivity contribution >= 4 is 29.1 Å². The molecule has 1 unspecified atom stereocenters. The van der Waals surface area contributed by atoms with E-state index >= 15 is 0 Å². The van der Waals surface area contributed by atoms with Gasteiger partial charge in [0.15, 0.2) is 0 Å². The zero-order valence-electron chi connectivity index (χ0n) is 14.4. The summed E-state index contributed by atoms with van der Waals surface area (Å²) in [6.07, 6.45) is 3.33. The van der Waals surface area contributed by atoms with E-state index in [1.165, 1.54) is 7.11 Å². The van der Waals surface area contributed by atoms with Gasteiger partial charge in [-0.15, -0.1) is 0 Å². The highest BCUT2D eigenvalue weighted by Crippen LogP contribution is 2.58. The molecule has 1 atom stereocenters. The highest BCUT2D eigenvalue weighted by molar-refractivity contribution is 6.31. The van der Waals surface area contributed by atoms with Gasteiger partial charge in [-0.3, -0.25) is 9.59 Å². The molecule has 0 bridgehead atoms. The van der Waals surface area contributed by atoms with Crippen LogP contribution >= 0.6 is 11.6 Å². The minimum Gasteiger partial charge on any atom is -0.495 e. The first-order valence-electron chi connectivity index (χ1n) is 8.66. The third-order valence-corrected chi connectivity index (χ3v) is 5.43. The number of hydrogen-bond acceptors (Lipinski definition) is 4. The Morgan fingerprint density at radius 1 is 1.36 bits per heavy atom. The van der Waals surface area contributed by atoms with E-state index in [1.807, 2.05) is 0 Å². The minimum absolute atomic E-state index is 0.0787. The molecule has 0 aromatic heterocycles. The smallest absolute Gasteiger partial charge is 0.226 e. The van der Waals surface area contributed by atoms with E-state index < -0.39 is 0 Å². The minimum atomic E-state index is -0.187. The van der Waals surface area contributed by atoms with Crippen LogP contribution in [0.25, 0.3) is 0 Å². The van der Waals surface area contributed by atoms with Gasteiger partial charge >= 0.3 is 0 Å². The van der Waals surface area contributed by atoms with E-state index in [0.717, 1.165) is 32.4 Å². The first-order chi connectivity index (χ1) is 12.0. The number of ether oxygens (including phenoxy) is 1. The van der Waals surface area contributed by atoms with E-state index in [2.05, 4.69) is 16.0 Å². The average molecular weight is 366 g/mol. The normalized spacial score (nSPS) is 20.8. The van der Waals surface area contributed by atoms with E-state index in [1.54, 1.807) is 18.2 Å². The van der Waals surface area contributed by atoms with Crippen LogP contribution in [0.4, 0.5) is 5.69 Å². The number of halogens is 1. The number of rotatable bonds is 6. The molecule has 7 heteroatoms. The fraction of sp³-hybridized carbons (Fsp3) is 0.556. The van der Waals surface area contributed by atoms with Crippen molar-refractivity contribution in [1.29, 1.82) is 0 Å². The fourth-order valence-electron chi connectivity index (χ4n) is 3.61. The van der Waals surface area contributed by atoms with Gasteiger partial charge in [-0.1, -0.05) is 11.6 Å². The Bertz CT molecular complexity index is 659. The molecule has 3 rings (SSSR count). The highest BCUT2D eigenvalue weighted by Gasteiger charge is 2.57. The van der Waals surface area contributed by atoms with Gasteiger partial charge in [-0.25, -0.2) is 0 Å². The molecule has 1 aliphatic carbocycles. The maximum Gasteiger partial charge on any atom is 0.226 e. The number of hydrogen-bond donors (Lipinski definition) is 3. The van der Waals surface area contributed by atoms with Gasteiger partial charge in [0, 0.05) is 23.9 Å². The first kappa shape index (κ1) is 18.0. The second kappa shape index (κ2) is 7.62. The van der Waals surface area contributed by atoms with Gasteiger partial charge in [0.25, 0.3) is 0 Å². The van der Waals surface area contributed by atoms with Gasteiger partial charge in [-0.05, 0) is 56.0 Å². The van der Waals surface area contributed by atoms with Crippen LogP contribution in [-0.2, 0) is 9.59 Å².